The van der Waals surface area contributed by atoms with Crippen LogP contribution in [-0.4, -0.2) is 23.7 Å². The van der Waals surface area contributed by atoms with Crippen LogP contribution in [0.4, 0.5) is 0 Å². The number of fused-ring (bicyclic) bond motifs is 1. The average Bonchev–Trinajstić information content (AvgIpc) is 3.00. The number of nitrogens with one attached hydrogen (secondary N) is 1. The maximum absolute atomic E-state index is 4.62. The molecule has 0 saturated carbocycles. The van der Waals surface area contributed by atoms with Crippen LogP contribution in [0.1, 0.15) is 29.2 Å². The minimum absolute atomic E-state index is 0.323. The fourth-order valence-electron chi connectivity index (χ4n) is 3.68. The van der Waals surface area contributed by atoms with Gasteiger partial charge in [0, 0.05) is 37.7 Å². The van der Waals surface area contributed by atoms with Crippen molar-refractivity contribution in [1.29, 1.82) is 0 Å². The normalized spacial score (nSPS) is 24.0. The summed E-state index contributed by atoms with van der Waals surface area (Å²) in [5, 5.41) is 4.62. The molecule has 0 bridgehead atoms. The molecule has 1 saturated heterocycles. The first kappa shape index (κ1) is 14.5. The van der Waals surface area contributed by atoms with Crippen molar-refractivity contribution in [2.75, 3.05) is 13.1 Å². The zero-order valence-corrected chi connectivity index (χ0v) is 13.6. The van der Waals surface area contributed by atoms with Gasteiger partial charge in [0.2, 0.25) is 0 Å². The van der Waals surface area contributed by atoms with Crippen LogP contribution in [0.2, 0.25) is 0 Å². The molecule has 3 heteroatoms. The molecule has 2 aromatic carbocycles. The molecule has 0 spiro atoms. The van der Waals surface area contributed by atoms with Gasteiger partial charge in [0.15, 0.2) is 0 Å². The summed E-state index contributed by atoms with van der Waals surface area (Å²) < 4.78 is 0. The predicted molar refractivity (Wildman–Crippen MR) is 94.3 cm³/mol. The van der Waals surface area contributed by atoms with Crippen LogP contribution < -0.4 is 5.43 Å². The number of hydrazone groups is 1. The minimum Gasteiger partial charge on any atom is -0.302 e. The summed E-state index contributed by atoms with van der Waals surface area (Å²) in [5.74, 6) is 0.496. The Labute approximate surface area is 138 Å². The van der Waals surface area contributed by atoms with Crippen molar-refractivity contribution < 1.29 is 0 Å². The Kier molecular flexibility index (Phi) is 3.88. The summed E-state index contributed by atoms with van der Waals surface area (Å²) in [5.41, 5.74) is 8.78. The van der Waals surface area contributed by atoms with Gasteiger partial charge in [-0.3, -0.25) is 4.90 Å². The molecule has 2 aliphatic rings. The lowest BCUT2D eigenvalue weighted by Gasteiger charge is -2.33. The van der Waals surface area contributed by atoms with E-state index in [2.05, 4.69) is 76.9 Å². The first-order valence-corrected chi connectivity index (χ1v) is 8.44. The van der Waals surface area contributed by atoms with Crippen LogP contribution in [-0.2, 0) is 6.54 Å². The van der Waals surface area contributed by atoms with Gasteiger partial charge in [-0.05, 0) is 18.1 Å². The van der Waals surface area contributed by atoms with Crippen LogP contribution in [0.5, 0.6) is 0 Å². The van der Waals surface area contributed by atoms with Gasteiger partial charge < -0.3 is 5.43 Å². The monoisotopic (exact) mass is 305 g/mol. The second-order valence-electron chi connectivity index (χ2n) is 6.70. The number of benzene rings is 2. The summed E-state index contributed by atoms with van der Waals surface area (Å²) in [6.07, 6.45) is 1.08. The molecule has 2 atom stereocenters. The molecule has 0 aliphatic carbocycles. The Morgan fingerprint density at radius 2 is 1.87 bits per heavy atom. The molecular formula is C20H23N3. The molecule has 2 unspecified atom stereocenters. The minimum atomic E-state index is 0.323. The van der Waals surface area contributed by atoms with Gasteiger partial charge in [-0.2, -0.15) is 5.10 Å². The highest BCUT2D eigenvalue weighted by Crippen LogP contribution is 2.32. The quantitative estimate of drug-likeness (QED) is 0.939. The number of hydrogen-bond donors (Lipinski definition) is 1. The number of likely N-dealkylation sites (tertiary alicyclic amines) is 1. The third-order valence-corrected chi connectivity index (χ3v) is 5.00. The predicted octanol–water partition coefficient (Wildman–Crippen LogP) is 3.52. The van der Waals surface area contributed by atoms with E-state index < -0.39 is 0 Å². The van der Waals surface area contributed by atoms with Crippen molar-refractivity contribution in [2.24, 2.45) is 11.0 Å². The van der Waals surface area contributed by atoms with Crippen LogP contribution in [0.15, 0.2) is 59.7 Å². The van der Waals surface area contributed by atoms with E-state index in [1.807, 2.05) is 0 Å². The average molecular weight is 305 g/mol. The summed E-state index contributed by atoms with van der Waals surface area (Å²) in [6, 6.07) is 19.9. The summed E-state index contributed by atoms with van der Waals surface area (Å²) in [6.45, 7) is 5.35. The highest BCUT2D eigenvalue weighted by Gasteiger charge is 2.36. The Balaban J connectivity index is 1.48. The van der Waals surface area contributed by atoms with E-state index in [9.17, 15) is 0 Å². The number of nitrogens with zero attached hydrogens (tertiary/aromatic N) is 2. The lowest BCUT2D eigenvalue weighted by atomic mass is 9.86. The first-order valence-electron chi connectivity index (χ1n) is 8.44. The van der Waals surface area contributed by atoms with Gasteiger partial charge in [0.05, 0.1) is 6.04 Å². The summed E-state index contributed by atoms with van der Waals surface area (Å²) >= 11 is 0. The fraction of sp³-hybridized carbons (Fsp3) is 0.350. The number of hydrogen-bond acceptors (Lipinski definition) is 3. The second kappa shape index (κ2) is 6.17. The Hall–Kier alpha value is -2.13. The van der Waals surface area contributed by atoms with Gasteiger partial charge in [0.25, 0.3) is 0 Å². The zero-order chi connectivity index (χ0) is 15.6. The van der Waals surface area contributed by atoms with Crippen molar-refractivity contribution in [2.45, 2.75) is 25.9 Å². The molecule has 0 radical (unpaired) electrons. The molecular weight excluding hydrogens is 282 g/mol. The molecule has 0 aromatic heterocycles. The molecule has 23 heavy (non-hydrogen) atoms. The van der Waals surface area contributed by atoms with E-state index in [1.54, 1.807) is 0 Å². The van der Waals surface area contributed by atoms with E-state index >= 15 is 0 Å². The maximum Gasteiger partial charge on any atom is 0.0782 e. The largest absolute Gasteiger partial charge is 0.302 e. The molecule has 2 aromatic rings. The lowest BCUT2D eigenvalue weighted by Crippen LogP contribution is -2.41. The van der Waals surface area contributed by atoms with Crippen molar-refractivity contribution in [1.82, 2.24) is 10.3 Å². The molecule has 0 amide bonds. The molecule has 3 nitrogen and oxygen atoms in total. The zero-order valence-electron chi connectivity index (χ0n) is 13.6. The van der Waals surface area contributed by atoms with Gasteiger partial charge in [-0.1, -0.05) is 60.2 Å². The Bertz CT molecular complexity index is 691. The third kappa shape index (κ3) is 3.02. The second-order valence-corrected chi connectivity index (χ2v) is 6.70. The molecule has 1 fully saturated rings. The molecule has 118 valence electrons. The van der Waals surface area contributed by atoms with Crippen molar-refractivity contribution in [3.63, 3.8) is 0 Å². The standard InChI is InChI=1S/C20H23N3/c1-15-7-9-17(10-8-15)20-18-14-23(12-11-19(18)21-22-20)13-16-5-3-2-4-6-16/h2-10,18,20,22H,11-14H2,1H3. The Morgan fingerprint density at radius 3 is 2.65 bits per heavy atom. The smallest absolute Gasteiger partial charge is 0.0782 e. The maximum atomic E-state index is 4.62. The molecule has 1 N–H and O–H groups in total. The molecule has 4 rings (SSSR count). The van der Waals surface area contributed by atoms with Crippen molar-refractivity contribution in [3.05, 3.63) is 71.3 Å². The first-order chi connectivity index (χ1) is 11.3. The SMILES string of the molecule is Cc1ccc(C2NN=C3CCN(Cc4ccccc4)CC32)cc1. The molecule has 2 heterocycles. The fourth-order valence-corrected chi connectivity index (χ4v) is 3.68. The van der Waals surface area contributed by atoms with Crippen LogP contribution in [0.25, 0.3) is 0 Å². The van der Waals surface area contributed by atoms with Crippen LogP contribution >= 0.6 is 0 Å². The van der Waals surface area contributed by atoms with Gasteiger partial charge in [0.1, 0.15) is 0 Å². The van der Waals surface area contributed by atoms with E-state index in [1.165, 1.54) is 22.4 Å². The van der Waals surface area contributed by atoms with E-state index in [0.29, 0.717) is 12.0 Å². The third-order valence-electron chi connectivity index (χ3n) is 5.00. The highest BCUT2D eigenvalue weighted by molar-refractivity contribution is 5.89. The van der Waals surface area contributed by atoms with Crippen LogP contribution in [0.3, 0.4) is 0 Å². The highest BCUT2D eigenvalue weighted by atomic mass is 15.4. The van der Waals surface area contributed by atoms with Crippen LogP contribution in [0, 0.1) is 12.8 Å². The van der Waals surface area contributed by atoms with Gasteiger partial charge in [-0.25, -0.2) is 0 Å². The topological polar surface area (TPSA) is 27.6 Å². The van der Waals surface area contributed by atoms with Crippen molar-refractivity contribution >= 4 is 5.71 Å². The summed E-state index contributed by atoms with van der Waals surface area (Å²) in [7, 11) is 0. The number of aryl methyl sites for hydroxylation is 1. The van der Waals surface area contributed by atoms with E-state index in [0.717, 1.165) is 26.1 Å². The lowest BCUT2D eigenvalue weighted by molar-refractivity contribution is 0.220. The van der Waals surface area contributed by atoms with Gasteiger partial charge >= 0.3 is 0 Å². The van der Waals surface area contributed by atoms with Crippen molar-refractivity contribution in [3.8, 4) is 0 Å². The Morgan fingerprint density at radius 1 is 1.09 bits per heavy atom. The van der Waals surface area contributed by atoms with Gasteiger partial charge in [-0.15, -0.1) is 0 Å². The number of piperidine rings is 1. The van der Waals surface area contributed by atoms with E-state index in [-0.39, 0.29) is 0 Å². The molecule has 2 aliphatic heterocycles. The summed E-state index contributed by atoms with van der Waals surface area (Å²) in [4.78, 5) is 2.56. The van der Waals surface area contributed by atoms with E-state index in [4.69, 9.17) is 0 Å². The number of rotatable bonds is 3.